The fourth-order valence-electron chi connectivity index (χ4n) is 2.57. The summed E-state index contributed by atoms with van der Waals surface area (Å²) in [4.78, 5) is 33.7. The number of rotatable bonds is 3. The Bertz CT molecular complexity index is 707. The summed E-state index contributed by atoms with van der Waals surface area (Å²) in [6.45, 7) is 1.26. The van der Waals surface area contributed by atoms with Gasteiger partial charge in [0.25, 0.3) is 5.56 Å². The quantitative estimate of drug-likeness (QED) is 0.790. The molecule has 106 valence electrons. The van der Waals surface area contributed by atoms with Crippen molar-refractivity contribution in [2.75, 3.05) is 6.61 Å². The lowest BCUT2D eigenvalue weighted by Crippen LogP contribution is -2.25. The van der Waals surface area contributed by atoms with Crippen molar-refractivity contribution in [1.29, 1.82) is 0 Å². The van der Waals surface area contributed by atoms with Crippen molar-refractivity contribution in [3.8, 4) is 0 Å². The maximum atomic E-state index is 11.6. The molecule has 0 saturated carbocycles. The van der Waals surface area contributed by atoms with Crippen LogP contribution in [-0.2, 0) is 9.53 Å². The van der Waals surface area contributed by atoms with Crippen molar-refractivity contribution in [1.82, 2.24) is 19.5 Å². The number of aromatic nitrogens is 4. The maximum absolute atomic E-state index is 11.6. The predicted octanol–water partition coefficient (Wildman–Crippen LogP) is -0.395. The Balaban J connectivity index is 1.99. The van der Waals surface area contributed by atoms with Crippen LogP contribution in [0.5, 0.6) is 0 Å². The summed E-state index contributed by atoms with van der Waals surface area (Å²) in [5.74, 6) is -0.383. The Morgan fingerprint density at radius 1 is 1.60 bits per heavy atom. The molecule has 1 aliphatic heterocycles. The number of ketones is 1. The van der Waals surface area contributed by atoms with Gasteiger partial charge in [-0.15, -0.1) is 0 Å². The molecule has 0 amide bonds. The van der Waals surface area contributed by atoms with Gasteiger partial charge in [-0.2, -0.15) is 0 Å². The number of nitrogens with one attached hydrogen (secondary N) is 1. The van der Waals surface area contributed by atoms with E-state index >= 15 is 0 Å². The number of carbonyl (C=O) groups is 1. The van der Waals surface area contributed by atoms with E-state index in [4.69, 9.17) is 4.74 Å². The fourth-order valence-corrected chi connectivity index (χ4v) is 2.57. The zero-order chi connectivity index (χ0) is 14.3. The molecule has 3 rings (SSSR count). The van der Waals surface area contributed by atoms with E-state index in [-0.39, 0.29) is 29.4 Å². The van der Waals surface area contributed by atoms with E-state index in [9.17, 15) is 14.7 Å². The molecule has 20 heavy (non-hydrogen) atoms. The fraction of sp³-hybridized carbons (Fsp3) is 0.500. The van der Waals surface area contributed by atoms with Crippen molar-refractivity contribution in [2.45, 2.75) is 25.7 Å². The monoisotopic (exact) mass is 278 g/mol. The zero-order valence-corrected chi connectivity index (χ0v) is 10.8. The number of carbonyl (C=O) groups excluding carboxylic acids is 1. The number of ether oxygens (including phenoxy) is 1. The van der Waals surface area contributed by atoms with Gasteiger partial charge in [-0.25, -0.2) is 9.97 Å². The van der Waals surface area contributed by atoms with E-state index in [1.165, 1.54) is 19.6 Å². The van der Waals surface area contributed by atoms with Gasteiger partial charge in [0.1, 0.15) is 12.0 Å². The molecular formula is C12H14N4O4. The summed E-state index contributed by atoms with van der Waals surface area (Å²) >= 11 is 0. The summed E-state index contributed by atoms with van der Waals surface area (Å²) in [5, 5.41) is 9.29. The number of nitrogens with zero attached hydrogens (tertiary/aromatic N) is 3. The Hall–Kier alpha value is -2.06. The number of hydrogen-bond donors (Lipinski definition) is 2. The van der Waals surface area contributed by atoms with Gasteiger partial charge in [-0.1, -0.05) is 0 Å². The topological polar surface area (TPSA) is 110 Å². The normalized spacial score (nSPS) is 26.2. The van der Waals surface area contributed by atoms with Gasteiger partial charge in [0, 0.05) is 6.42 Å². The molecule has 3 atom stereocenters. The first-order valence-electron chi connectivity index (χ1n) is 6.28. The molecule has 0 aliphatic carbocycles. The highest BCUT2D eigenvalue weighted by Crippen LogP contribution is 2.34. The van der Waals surface area contributed by atoms with Crippen LogP contribution < -0.4 is 5.56 Å². The van der Waals surface area contributed by atoms with Gasteiger partial charge in [-0.3, -0.25) is 14.2 Å². The van der Waals surface area contributed by atoms with Gasteiger partial charge in [0.05, 0.1) is 31.3 Å². The summed E-state index contributed by atoms with van der Waals surface area (Å²) in [5.41, 5.74) is 0.302. The van der Waals surface area contributed by atoms with Gasteiger partial charge >= 0.3 is 0 Å². The molecular weight excluding hydrogens is 264 g/mol. The Morgan fingerprint density at radius 2 is 2.40 bits per heavy atom. The molecule has 2 aromatic heterocycles. The molecule has 2 N–H and O–H groups in total. The maximum Gasteiger partial charge on any atom is 0.278 e. The van der Waals surface area contributed by atoms with E-state index in [0.29, 0.717) is 12.1 Å². The molecule has 1 fully saturated rings. The third kappa shape index (κ3) is 1.93. The highest BCUT2D eigenvalue weighted by molar-refractivity contribution is 5.79. The third-order valence-electron chi connectivity index (χ3n) is 3.61. The Morgan fingerprint density at radius 3 is 3.05 bits per heavy atom. The number of aromatic amines is 1. The van der Waals surface area contributed by atoms with Crippen LogP contribution in [0, 0.1) is 5.92 Å². The minimum atomic E-state index is -0.531. The van der Waals surface area contributed by atoms with Gasteiger partial charge < -0.3 is 14.8 Å². The van der Waals surface area contributed by atoms with Crippen LogP contribution in [0.1, 0.15) is 19.6 Å². The largest absolute Gasteiger partial charge is 0.394 e. The lowest BCUT2D eigenvalue weighted by molar-refractivity contribution is -0.123. The predicted molar refractivity (Wildman–Crippen MR) is 67.9 cm³/mol. The van der Waals surface area contributed by atoms with Gasteiger partial charge in [-0.05, 0) is 6.92 Å². The summed E-state index contributed by atoms with van der Waals surface area (Å²) < 4.78 is 7.30. The number of Topliss-reactive ketones (excluding diaryl/α,β-unsaturated/α-hetero) is 1. The summed E-state index contributed by atoms with van der Waals surface area (Å²) in [6, 6.07) is 0. The highest BCUT2D eigenvalue weighted by Gasteiger charge is 2.39. The number of aliphatic hydroxyl groups is 1. The SMILES string of the molecule is CC(=O)[C@H]1C[C@H](n2cnc3c(=O)[nH]cnc32)O[C@@H]1CO. The van der Waals surface area contributed by atoms with Crippen LogP contribution in [0.2, 0.25) is 0 Å². The molecule has 3 heterocycles. The Labute approximate surface area is 113 Å². The van der Waals surface area contributed by atoms with Crippen LogP contribution in [0.3, 0.4) is 0 Å². The molecule has 0 bridgehead atoms. The van der Waals surface area contributed by atoms with E-state index in [2.05, 4.69) is 15.0 Å². The van der Waals surface area contributed by atoms with E-state index < -0.39 is 12.3 Å². The molecule has 0 unspecified atom stereocenters. The minimum absolute atomic E-state index is 0.0261. The van der Waals surface area contributed by atoms with E-state index in [1.54, 1.807) is 4.57 Å². The second-order valence-corrected chi connectivity index (χ2v) is 4.82. The molecule has 2 aromatic rings. The van der Waals surface area contributed by atoms with Crippen molar-refractivity contribution >= 4 is 16.9 Å². The second kappa shape index (κ2) is 4.80. The van der Waals surface area contributed by atoms with Crippen molar-refractivity contribution in [3.05, 3.63) is 23.0 Å². The molecule has 0 aromatic carbocycles. The molecule has 8 heteroatoms. The Kier molecular flexibility index (Phi) is 3.11. The van der Waals surface area contributed by atoms with Crippen molar-refractivity contribution in [3.63, 3.8) is 0 Å². The van der Waals surface area contributed by atoms with Crippen LogP contribution in [0.15, 0.2) is 17.4 Å². The first kappa shape index (κ1) is 12.9. The van der Waals surface area contributed by atoms with Crippen LogP contribution in [0.4, 0.5) is 0 Å². The van der Waals surface area contributed by atoms with E-state index in [1.807, 2.05) is 0 Å². The smallest absolute Gasteiger partial charge is 0.278 e. The van der Waals surface area contributed by atoms with E-state index in [0.717, 1.165) is 0 Å². The molecule has 1 saturated heterocycles. The van der Waals surface area contributed by atoms with Crippen LogP contribution >= 0.6 is 0 Å². The zero-order valence-electron chi connectivity index (χ0n) is 10.8. The average molecular weight is 278 g/mol. The third-order valence-corrected chi connectivity index (χ3v) is 3.61. The standard InChI is InChI=1S/C12H14N4O4/c1-6(18)7-2-9(20-8(7)3-17)16-5-15-10-11(16)13-4-14-12(10)19/h4-5,7-9,17H,2-3H2,1H3,(H,13,14,19)/t7-,8-,9-/m1/s1. The minimum Gasteiger partial charge on any atom is -0.394 e. The molecule has 1 aliphatic rings. The van der Waals surface area contributed by atoms with Crippen molar-refractivity contribution < 1.29 is 14.6 Å². The molecule has 8 nitrogen and oxygen atoms in total. The lowest BCUT2D eigenvalue weighted by atomic mass is 9.97. The van der Waals surface area contributed by atoms with Crippen LogP contribution in [-0.4, -0.2) is 43.1 Å². The lowest BCUT2D eigenvalue weighted by Gasteiger charge is -2.13. The number of fused-ring (bicyclic) bond motifs is 1. The second-order valence-electron chi connectivity index (χ2n) is 4.82. The number of imidazole rings is 1. The first-order chi connectivity index (χ1) is 9.61. The van der Waals surface area contributed by atoms with Gasteiger partial charge in [0.2, 0.25) is 0 Å². The summed E-state index contributed by atoms with van der Waals surface area (Å²) in [7, 11) is 0. The highest BCUT2D eigenvalue weighted by atomic mass is 16.5. The molecule has 0 radical (unpaired) electrons. The van der Waals surface area contributed by atoms with Crippen molar-refractivity contribution in [2.24, 2.45) is 5.92 Å². The number of H-pyrrole nitrogens is 1. The molecule has 0 spiro atoms. The number of aliphatic hydroxyl groups excluding tert-OH is 1. The van der Waals surface area contributed by atoms with Crippen LogP contribution in [0.25, 0.3) is 11.2 Å². The number of hydrogen-bond acceptors (Lipinski definition) is 6. The van der Waals surface area contributed by atoms with Gasteiger partial charge in [0.15, 0.2) is 11.2 Å². The first-order valence-corrected chi connectivity index (χ1v) is 6.28. The average Bonchev–Trinajstić information content (AvgIpc) is 3.02. The summed E-state index contributed by atoms with van der Waals surface area (Å²) in [6.07, 6.45) is 2.20.